The molecular weight excluding hydrogens is 246 g/mol. The third kappa shape index (κ3) is 2.57. The Kier molecular flexibility index (Phi) is 4.04. The predicted molar refractivity (Wildman–Crippen MR) is 78.6 cm³/mol. The van der Waals surface area contributed by atoms with Crippen molar-refractivity contribution in [1.82, 2.24) is 10.3 Å². The maximum atomic E-state index is 4.41. The molecular formula is C14H18ClN3. The molecule has 1 saturated heterocycles. The van der Waals surface area contributed by atoms with Crippen molar-refractivity contribution in [2.24, 2.45) is 0 Å². The molecule has 2 heterocycles. The maximum absolute atomic E-state index is 4.41. The Morgan fingerprint density at radius 2 is 2.28 bits per heavy atom. The molecule has 0 saturated carbocycles. The van der Waals surface area contributed by atoms with E-state index >= 15 is 0 Å². The molecule has 1 unspecified atom stereocenters. The number of halogens is 1. The Hall–Kier alpha value is -1.32. The molecule has 3 nitrogen and oxygen atoms in total. The third-order valence-electron chi connectivity index (χ3n) is 3.33. The van der Waals surface area contributed by atoms with Crippen LogP contribution in [0.25, 0.3) is 10.9 Å². The lowest BCUT2D eigenvalue weighted by molar-refractivity contribution is 0.793. The van der Waals surface area contributed by atoms with Gasteiger partial charge in [0.25, 0.3) is 0 Å². The first-order valence-electron chi connectivity index (χ1n) is 6.15. The zero-order valence-electron chi connectivity index (χ0n) is 10.4. The van der Waals surface area contributed by atoms with Crippen LogP contribution in [-0.2, 0) is 0 Å². The van der Waals surface area contributed by atoms with Crippen LogP contribution in [0.4, 0.5) is 5.69 Å². The van der Waals surface area contributed by atoms with Crippen LogP contribution in [0.5, 0.6) is 0 Å². The Morgan fingerprint density at radius 3 is 3.06 bits per heavy atom. The number of hydrogen-bond donors (Lipinski definition) is 2. The molecule has 4 heteroatoms. The molecule has 0 amide bonds. The second kappa shape index (κ2) is 5.55. The van der Waals surface area contributed by atoms with Gasteiger partial charge >= 0.3 is 0 Å². The average molecular weight is 264 g/mol. The summed E-state index contributed by atoms with van der Waals surface area (Å²) in [6, 6.07) is 9.04. The number of aromatic nitrogens is 1. The number of aryl methyl sites for hydroxylation is 1. The number of nitrogens with zero attached hydrogens (tertiary/aromatic N) is 1. The van der Waals surface area contributed by atoms with Gasteiger partial charge in [0, 0.05) is 29.9 Å². The van der Waals surface area contributed by atoms with E-state index in [-0.39, 0.29) is 12.4 Å². The fourth-order valence-electron chi connectivity index (χ4n) is 2.47. The predicted octanol–water partition coefficient (Wildman–Crippen LogP) is 2.74. The van der Waals surface area contributed by atoms with Crippen molar-refractivity contribution in [3.63, 3.8) is 0 Å². The van der Waals surface area contributed by atoms with Crippen LogP contribution in [0.2, 0.25) is 0 Å². The number of benzene rings is 1. The van der Waals surface area contributed by atoms with Gasteiger partial charge in [0.15, 0.2) is 0 Å². The molecule has 1 aliphatic heterocycles. The van der Waals surface area contributed by atoms with Gasteiger partial charge < -0.3 is 10.6 Å². The first-order valence-corrected chi connectivity index (χ1v) is 6.15. The van der Waals surface area contributed by atoms with Crippen molar-refractivity contribution < 1.29 is 0 Å². The lowest BCUT2D eigenvalue weighted by atomic mass is 10.1. The number of fused-ring (bicyclic) bond motifs is 1. The van der Waals surface area contributed by atoms with Crippen LogP contribution in [0.15, 0.2) is 30.5 Å². The topological polar surface area (TPSA) is 37.0 Å². The second-order valence-electron chi connectivity index (χ2n) is 4.70. The van der Waals surface area contributed by atoms with Crippen LogP contribution in [0.3, 0.4) is 0 Å². The van der Waals surface area contributed by atoms with Crippen LogP contribution in [0.1, 0.15) is 12.0 Å². The average Bonchev–Trinajstić information content (AvgIpc) is 2.82. The van der Waals surface area contributed by atoms with Crippen molar-refractivity contribution in [3.8, 4) is 0 Å². The van der Waals surface area contributed by atoms with Crippen molar-refractivity contribution in [2.75, 3.05) is 18.4 Å². The highest BCUT2D eigenvalue weighted by Gasteiger charge is 2.14. The molecule has 0 radical (unpaired) electrons. The summed E-state index contributed by atoms with van der Waals surface area (Å²) in [5.41, 5.74) is 3.54. The van der Waals surface area contributed by atoms with E-state index in [0.717, 1.165) is 18.6 Å². The normalized spacial score (nSPS) is 18.6. The molecule has 1 aliphatic rings. The number of rotatable bonds is 2. The number of anilines is 1. The minimum atomic E-state index is 0. The van der Waals surface area contributed by atoms with Gasteiger partial charge in [0.2, 0.25) is 0 Å². The van der Waals surface area contributed by atoms with Gasteiger partial charge in [0.05, 0.1) is 5.52 Å². The van der Waals surface area contributed by atoms with Gasteiger partial charge in [-0.15, -0.1) is 12.4 Å². The van der Waals surface area contributed by atoms with Crippen LogP contribution in [-0.4, -0.2) is 24.1 Å². The van der Waals surface area contributed by atoms with E-state index in [1.165, 1.54) is 23.1 Å². The third-order valence-corrected chi connectivity index (χ3v) is 3.33. The lowest BCUT2D eigenvalue weighted by Gasteiger charge is -2.14. The highest BCUT2D eigenvalue weighted by Crippen LogP contribution is 2.22. The molecule has 3 rings (SSSR count). The highest BCUT2D eigenvalue weighted by molar-refractivity contribution is 5.85. The SMILES string of the molecule is Cc1cc(NC2CCNC2)cc2cccnc12.Cl. The Labute approximate surface area is 113 Å². The van der Waals surface area contributed by atoms with Gasteiger partial charge in [-0.3, -0.25) is 4.98 Å². The molecule has 2 N–H and O–H groups in total. The molecule has 1 atom stereocenters. The first kappa shape index (κ1) is 13.1. The fraction of sp³-hybridized carbons (Fsp3) is 0.357. The minimum absolute atomic E-state index is 0. The first-order chi connectivity index (χ1) is 8.33. The van der Waals surface area contributed by atoms with Gasteiger partial charge in [0.1, 0.15) is 0 Å². The molecule has 1 fully saturated rings. The molecule has 0 spiro atoms. The Morgan fingerprint density at radius 1 is 1.39 bits per heavy atom. The van der Waals surface area contributed by atoms with E-state index in [1.54, 1.807) is 0 Å². The molecule has 2 aromatic rings. The number of hydrogen-bond acceptors (Lipinski definition) is 3. The van der Waals surface area contributed by atoms with Crippen molar-refractivity contribution in [3.05, 3.63) is 36.0 Å². The van der Waals surface area contributed by atoms with Crippen molar-refractivity contribution in [1.29, 1.82) is 0 Å². The van der Waals surface area contributed by atoms with E-state index in [9.17, 15) is 0 Å². The molecule has 96 valence electrons. The summed E-state index contributed by atoms with van der Waals surface area (Å²) in [5, 5.41) is 8.16. The zero-order valence-corrected chi connectivity index (χ0v) is 11.3. The summed E-state index contributed by atoms with van der Waals surface area (Å²) in [7, 11) is 0. The van der Waals surface area contributed by atoms with E-state index in [0.29, 0.717) is 6.04 Å². The second-order valence-corrected chi connectivity index (χ2v) is 4.70. The van der Waals surface area contributed by atoms with E-state index < -0.39 is 0 Å². The van der Waals surface area contributed by atoms with Gasteiger partial charge in [-0.25, -0.2) is 0 Å². The summed E-state index contributed by atoms with van der Waals surface area (Å²) in [6.45, 7) is 4.29. The van der Waals surface area contributed by atoms with Gasteiger partial charge in [-0.05, 0) is 43.7 Å². The van der Waals surface area contributed by atoms with E-state index in [4.69, 9.17) is 0 Å². The Balaban J connectivity index is 0.00000120. The Bertz CT molecular complexity index is 536. The van der Waals surface area contributed by atoms with Crippen molar-refractivity contribution >= 4 is 29.0 Å². The summed E-state index contributed by atoms with van der Waals surface area (Å²) >= 11 is 0. The summed E-state index contributed by atoms with van der Waals surface area (Å²) in [5.74, 6) is 0. The monoisotopic (exact) mass is 263 g/mol. The quantitative estimate of drug-likeness (QED) is 0.875. The summed E-state index contributed by atoms with van der Waals surface area (Å²) < 4.78 is 0. The number of nitrogens with one attached hydrogen (secondary N) is 2. The molecule has 18 heavy (non-hydrogen) atoms. The highest BCUT2D eigenvalue weighted by atomic mass is 35.5. The van der Waals surface area contributed by atoms with Crippen LogP contribution < -0.4 is 10.6 Å². The van der Waals surface area contributed by atoms with E-state index in [2.05, 4.69) is 40.7 Å². The van der Waals surface area contributed by atoms with Crippen LogP contribution in [0, 0.1) is 6.92 Å². The fourth-order valence-corrected chi connectivity index (χ4v) is 2.47. The summed E-state index contributed by atoms with van der Waals surface area (Å²) in [4.78, 5) is 4.41. The van der Waals surface area contributed by atoms with Gasteiger partial charge in [-0.1, -0.05) is 6.07 Å². The number of pyridine rings is 1. The molecule has 1 aromatic heterocycles. The summed E-state index contributed by atoms with van der Waals surface area (Å²) in [6.07, 6.45) is 3.05. The van der Waals surface area contributed by atoms with E-state index in [1.807, 2.05) is 12.3 Å². The molecule has 1 aromatic carbocycles. The van der Waals surface area contributed by atoms with Crippen molar-refractivity contribution in [2.45, 2.75) is 19.4 Å². The minimum Gasteiger partial charge on any atom is -0.381 e. The molecule has 0 aliphatic carbocycles. The van der Waals surface area contributed by atoms with Crippen LogP contribution >= 0.6 is 12.4 Å². The smallest absolute Gasteiger partial charge is 0.0732 e. The lowest BCUT2D eigenvalue weighted by Crippen LogP contribution is -2.22. The maximum Gasteiger partial charge on any atom is 0.0732 e. The standard InChI is InChI=1S/C14H17N3.ClH/c1-10-7-13(17-12-4-6-15-9-12)8-11-3-2-5-16-14(10)11;/h2-3,5,7-8,12,15,17H,4,6,9H2,1H3;1H. The zero-order chi connectivity index (χ0) is 11.7. The van der Waals surface area contributed by atoms with Gasteiger partial charge in [-0.2, -0.15) is 0 Å². The molecule has 0 bridgehead atoms. The largest absolute Gasteiger partial charge is 0.381 e.